The Balaban J connectivity index is 1.60. The SMILES string of the molecule is CN(Cc1ccc(Cl)c(Cl)c1)C(=O)C1=C(O)C(=O)N(/C=C/N2CCN(S(C)(=O)=O)CC2)C1. The lowest BCUT2D eigenvalue weighted by Gasteiger charge is -2.32. The number of carbonyl (C=O) groups excluding carboxylic acids is 2. The van der Waals surface area contributed by atoms with E-state index in [0.29, 0.717) is 36.2 Å². The lowest BCUT2D eigenvalue weighted by molar-refractivity contribution is -0.127. The van der Waals surface area contributed by atoms with Crippen LogP contribution in [0.2, 0.25) is 10.0 Å². The van der Waals surface area contributed by atoms with Crippen molar-refractivity contribution in [3.8, 4) is 0 Å². The van der Waals surface area contributed by atoms with Crippen molar-refractivity contribution < 1.29 is 23.1 Å². The molecule has 0 atom stereocenters. The van der Waals surface area contributed by atoms with E-state index in [1.54, 1.807) is 31.4 Å². The van der Waals surface area contributed by atoms with E-state index in [1.807, 2.05) is 4.90 Å². The summed E-state index contributed by atoms with van der Waals surface area (Å²) in [5, 5.41) is 11.0. The zero-order valence-corrected chi connectivity index (χ0v) is 20.0. The van der Waals surface area contributed by atoms with Gasteiger partial charge in [0.25, 0.3) is 11.8 Å². The molecular formula is C20H24Cl2N4O5S. The molecule has 174 valence electrons. The zero-order valence-electron chi connectivity index (χ0n) is 17.7. The summed E-state index contributed by atoms with van der Waals surface area (Å²) in [6.45, 7) is 1.82. The van der Waals surface area contributed by atoms with Crippen LogP contribution in [0.25, 0.3) is 0 Å². The molecular weight excluding hydrogens is 479 g/mol. The molecule has 0 bridgehead atoms. The largest absolute Gasteiger partial charge is 0.503 e. The number of aliphatic hydroxyl groups is 1. The quantitative estimate of drug-likeness (QED) is 0.634. The summed E-state index contributed by atoms with van der Waals surface area (Å²) >= 11 is 11.9. The lowest BCUT2D eigenvalue weighted by Crippen LogP contribution is -2.46. The fourth-order valence-electron chi connectivity index (χ4n) is 3.44. The van der Waals surface area contributed by atoms with Crippen molar-refractivity contribution in [1.29, 1.82) is 0 Å². The average molecular weight is 503 g/mol. The van der Waals surface area contributed by atoms with Crippen LogP contribution in [-0.2, 0) is 26.2 Å². The highest BCUT2D eigenvalue weighted by Crippen LogP contribution is 2.24. The summed E-state index contributed by atoms with van der Waals surface area (Å²) in [5.41, 5.74) is 0.758. The molecule has 2 heterocycles. The van der Waals surface area contributed by atoms with Crippen LogP contribution in [0.4, 0.5) is 0 Å². The van der Waals surface area contributed by atoms with Gasteiger partial charge in [-0.15, -0.1) is 0 Å². The number of carbonyl (C=O) groups is 2. The first-order chi connectivity index (χ1) is 15.0. The Morgan fingerprint density at radius 2 is 1.81 bits per heavy atom. The van der Waals surface area contributed by atoms with Crippen LogP contribution < -0.4 is 0 Å². The second-order valence-electron chi connectivity index (χ2n) is 7.67. The third-order valence-electron chi connectivity index (χ3n) is 5.29. The summed E-state index contributed by atoms with van der Waals surface area (Å²) in [6, 6.07) is 5.03. The molecule has 0 spiro atoms. The topological polar surface area (TPSA) is 101 Å². The van der Waals surface area contributed by atoms with Crippen LogP contribution in [0.1, 0.15) is 5.56 Å². The predicted octanol–water partition coefficient (Wildman–Crippen LogP) is 1.65. The predicted molar refractivity (Wildman–Crippen MR) is 121 cm³/mol. The molecule has 12 heteroatoms. The third kappa shape index (κ3) is 5.55. The van der Waals surface area contributed by atoms with Crippen molar-refractivity contribution in [3.63, 3.8) is 0 Å². The van der Waals surface area contributed by atoms with Crippen LogP contribution >= 0.6 is 23.2 Å². The van der Waals surface area contributed by atoms with E-state index in [9.17, 15) is 23.1 Å². The van der Waals surface area contributed by atoms with Crippen molar-refractivity contribution in [2.24, 2.45) is 0 Å². The number of amides is 2. The van der Waals surface area contributed by atoms with Gasteiger partial charge in [-0.2, -0.15) is 4.31 Å². The van der Waals surface area contributed by atoms with Crippen LogP contribution in [-0.4, -0.2) is 90.4 Å². The number of benzene rings is 1. The first-order valence-electron chi connectivity index (χ1n) is 9.77. The van der Waals surface area contributed by atoms with Gasteiger partial charge in [0, 0.05) is 52.2 Å². The molecule has 0 unspecified atom stereocenters. The van der Waals surface area contributed by atoms with Gasteiger partial charge in [-0.05, 0) is 17.7 Å². The van der Waals surface area contributed by atoms with Crippen molar-refractivity contribution in [2.75, 3.05) is 46.0 Å². The van der Waals surface area contributed by atoms with Crippen molar-refractivity contribution in [2.45, 2.75) is 6.54 Å². The van der Waals surface area contributed by atoms with Gasteiger partial charge in [0.1, 0.15) is 0 Å². The molecule has 1 aromatic carbocycles. The maximum absolute atomic E-state index is 12.8. The summed E-state index contributed by atoms with van der Waals surface area (Å²) in [7, 11) is -1.66. The normalized spacial score (nSPS) is 18.2. The Bertz CT molecular complexity index is 1080. The summed E-state index contributed by atoms with van der Waals surface area (Å²) in [6.07, 6.45) is 4.33. The minimum Gasteiger partial charge on any atom is -0.503 e. The highest BCUT2D eigenvalue weighted by Gasteiger charge is 2.34. The van der Waals surface area contributed by atoms with Crippen LogP contribution in [0.5, 0.6) is 0 Å². The Morgan fingerprint density at radius 3 is 2.41 bits per heavy atom. The first kappa shape index (κ1) is 24.4. The highest BCUT2D eigenvalue weighted by atomic mass is 35.5. The molecule has 0 radical (unpaired) electrons. The molecule has 0 saturated carbocycles. The molecule has 0 aliphatic carbocycles. The number of piperazine rings is 1. The van der Waals surface area contributed by atoms with E-state index >= 15 is 0 Å². The second-order valence-corrected chi connectivity index (χ2v) is 10.5. The maximum atomic E-state index is 12.8. The van der Waals surface area contributed by atoms with Gasteiger partial charge in [0.15, 0.2) is 5.76 Å². The van der Waals surface area contributed by atoms with E-state index in [1.165, 1.54) is 26.6 Å². The highest BCUT2D eigenvalue weighted by molar-refractivity contribution is 7.88. The molecule has 1 saturated heterocycles. The number of nitrogens with zero attached hydrogens (tertiary/aromatic N) is 4. The van der Waals surface area contributed by atoms with E-state index in [0.717, 1.165) is 5.56 Å². The van der Waals surface area contributed by atoms with Crippen LogP contribution in [0, 0.1) is 0 Å². The number of likely N-dealkylation sites (N-methyl/N-ethyl adjacent to an activating group) is 1. The smallest absolute Gasteiger partial charge is 0.293 e. The Kier molecular flexibility index (Phi) is 7.39. The van der Waals surface area contributed by atoms with Gasteiger partial charge in [-0.25, -0.2) is 8.42 Å². The molecule has 32 heavy (non-hydrogen) atoms. The Hall–Kier alpha value is -2.27. The molecule has 1 N–H and O–H groups in total. The molecule has 1 aromatic rings. The Labute approximate surface area is 197 Å². The zero-order chi connectivity index (χ0) is 23.6. The first-order valence-corrected chi connectivity index (χ1v) is 12.4. The lowest BCUT2D eigenvalue weighted by atomic mass is 10.2. The standard InChI is InChI=1S/C20H24Cl2N4O5S/c1-23(12-14-3-4-16(21)17(22)11-14)19(28)15-13-25(20(29)18(15)27)8-5-24-6-9-26(10-7-24)32(2,30)31/h3-5,8,11,27H,6-7,9-10,12-13H2,1-2H3/b8-5+. The number of aliphatic hydroxyl groups excluding tert-OH is 1. The number of halogens is 2. The number of sulfonamides is 1. The minimum absolute atomic E-state index is 0.00380. The molecule has 9 nitrogen and oxygen atoms in total. The van der Waals surface area contributed by atoms with Gasteiger partial charge in [-0.1, -0.05) is 29.3 Å². The van der Waals surface area contributed by atoms with Gasteiger partial charge < -0.3 is 19.8 Å². The molecule has 1 fully saturated rings. The number of rotatable bonds is 6. The molecule has 2 aliphatic heterocycles. The van der Waals surface area contributed by atoms with E-state index in [2.05, 4.69) is 0 Å². The van der Waals surface area contributed by atoms with Gasteiger partial charge in [-0.3, -0.25) is 9.59 Å². The molecule has 0 aromatic heterocycles. The molecule has 2 aliphatic rings. The van der Waals surface area contributed by atoms with Gasteiger partial charge >= 0.3 is 0 Å². The Morgan fingerprint density at radius 1 is 1.16 bits per heavy atom. The molecule has 2 amide bonds. The number of hydrogen-bond acceptors (Lipinski definition) is 6. The summed E-state index contributed by atoms with van der Waals surface area (Å²) < 4.78 is 24.6. The fourth-order valence-corrected chi connectivity index (χ4v) is 4.59. The maximum Gasteiger partial charge on any atom is 0.293 e. The molecule has 3 rings (SSSR count). The van der Waals surface area contributed by atoms with Crippen molar-refractivity contribution >= 4 is 45.0 Å². The van der Waals surface area contributed by atoms with E-state index in [4.69, 9.17) is 23.2 Å². The fraction of sp³-hybridized carbons (Fsp3) is 0.400. The summed E-state index contributed by atoms with van der Waals surface area (Å²) in [4.78, 5) is 29.7. The third-order valence-corrected chi connectivity index (χ3v) is 7.33. The van der Waals surface area contributed by atoms with Crippen LogP contribution in [0.3, 0.4) is 0 Å². The number of hydrogen-bond donors (Lipinski definition) is 1. The van der Waals surface area contributed by atoms with Crippen molar-refractivity contribution in [3.05, 3.63) is 57.5 Å². The summed E-state index contributed by atoms with van der Waals surface area (Å²) in [5.74, 6) is -1.72. The van der Waals surface area contributed by atoms with E-state index in [-0.39, 0.29) is 18.7 Å². The van der Waals surface area contributed by atoms with Crippen molar-refractivity contribution in [1.82, 2.24) is 19.0 Å². The van der Waals surface area contributed by atoms with Gasteiger partial charge in [0.05, 0.1) is 28.4 Å². The van der Waals surface area contributed by atoms with Gasteiger partial charge in [0.2, 0.25) is 10.0 Å². The second kappa shape index (κ2) is 9.70. The minimum atomic E-state index is -3.23. The monoisotopic (exact) mass is 502 g/mol. The average Bonchev–Trinajstić information content (AvgIpc) is 3.02. The van der Waals surface area contributed by atoms with E-state index < -0.39 is 27.6 Å². The van der Waals surface area contributed by atoms with Crippen LogP contribution in [0.15, 0.2) is 41.9 Å².